The molecule has 174 valence electrons. The highest BCUT2D eigenvalue weighted by molar-refractivity contribution is 7.92. The van der Waals surface area contributed by atoms with Crippen molar-refractivity contribution in [2.45, 2.75) is 39.3 Å². The summed E-state index contributed by atoms with van der Waals surface area (Å²) in [5.74, 6) is -1.24. The predicted molar refractivity (Wildman–Crippen MR) is 123 cm³/mol. The molecule has 1 N–H and O–H groups in total. The molecule has 9 heteroatoms. The first kappa shape index (κ1) is 25.3. The summed E-state index contributed by atoms with van der Waals surface area (Å²) in [5, 5.41) is 2.56. The van der Waals surface area contributed by atoms with E-state index in [0.29, 0.717) is 0 Å². The Hall–Kier alpha value is -2.94. The third-order valence-corrected chi connectivity index (χ3v) is 6.30. The molecule has 7 nitrogen and oxygen atoms in total. The van der Waals surface area contributed by atoms with Crippen LogP contribution >= 0.6 is 0 Å². The summed E-state index contributed by atoms with van der Waals surface area (Å²) in [6, 6.07) is 12.6. The summed E-state index contributed by atoms with van der Waals surface area (Å²) >= 11 is 0. The molecule has 1 atom stereocenters. The van der Waals surface area contributed by atoms with E-state index in [1.807, 2.05) is 31.2 Å². The van der Waals surface area contributed by atoms with Gasteiger partial charge in [0, 0.05) is 26.6 Å². The molecule has 32 heavy (non-hydrogen) atoms. The Morgan fingerprint density at radius 2 is 1.81 bits per heavy atom. The van der Waals surface area contributed by atoms with Crippen molar-refractivity contribution in [2.24, 2.45) is 0 Å². The normalized spacial score (nSPS) is 12.2. The molecule has 2 aromatic rings. The molecule has 0 bridgehead atoms. The fourth-order valence-corrected chi connectivity index (χ4v) is 4.40. The summed E-state index contributed by atoms with van der Waals surface area (Å²) in [5.41, 5.74) is 1.87. The number of hydrogen-bond acceptors (Lipinski definition) is 4. The number of rotatable bonds is 10. The minimum atomic E-state index is -3.74. The fourth-order valence-electron chi connectivity index (χ4n) is 3.44. The van der Waals surface area contributed by atoms with Crippen LogP contribution in [0.3, 0.4) is 0 Å². The van der Waals surface area contributed by atoms with Gasteiger partial charge in [-0.2, -0.15) is 0 Å². The van der Waals surface area contributed by atoms with E-state index < -0.39 is 21.9 Å². The molecule has 0 aromatic heterocycles. The first-order valence-corrected chi connectivity index (χ1v) is 12.2. The summed E-state index contributed by atoms with van der Waals surface area (Å²) in [4.78, 5) is 26.7. The molecular weight excluding hydrogens is 433 g/mol. The van der Waals surface area contributed by atoms with Crippen LogP contribution < -0.4 is 9.62 Å². The Kier molecular flexibility index (Phi) is 8.77. The number of halogens is 1. The first-order valence-electron chi connectivity index (χ1n) is 10.3. The molecule has 2 aromatic carbocycles. The Labute approximate surface area is 189 Å². The Morgan fingerprint density at radius 1 is 1.12 bits per heavy atom. The second-order valence-corrected chi connectivity index (χ2v) is 9.60. The van der Waals surface area contributed by atoms with Gasteiger partial charge in [-0.15, -0.1) is 0 Å². The van der Waals surface area contributed by atoms with E-state index in [1.54, 1.807) is 13.0 Å². The lowest BCUT2D eigenvalue weighted by atomic mass is 10.1. The van der Waals surface area contributed by atoms with Gasteiger partial charge < -0.3 is 10.2 Å². The highest BCUT2D eigenvalue weighted by Gasteiger charge is 2.26. The minimum Gasteiger partial charge on any atom is -0.357 e. The average molecular weight is 464 g/mol. The number of amides is 2. The van der Waals surface area contributed by atoms with Gasteiger partial charge in [0.2, 0.25) is 21.8 Å². The number of aryl methyl sites for hydroxylation is 1. The number of nitrogens with zero attached hydrogens (tertiary/aromatic N) is 2. The van der Waals surface area contributed by atoms with Crippen LogP contribution in [0.25, 0.3) is 0 Å². The van der Waals surface area contributed by atoms with Crippen molar-refractivity contribution in [2.75, 3.05) is 24.2 Å². The van der Waals surface area contributed by atoms with Crippen molar-refractivity contribution in [1.29, 1.82) is 0 Å². The summed E-state index contributed by atoms with van der Waals surface area (Å²) in [7, 11) is -2.23. The van der Waals surface area contributed by atoms with E-state index in [-0.39, 0.29) is 43.4 Å². The summed E-state index contributed by atoms with van der Waals surface area (Å²) in [6.07, 6.45) is 1.18. The van der Waals surface area contributed by atoms with E-state index in [1.165, 1.54) is 30.1 Å². The Balaban J connectivity index is 2.15. The molecule has 0 unspecified atom stereocenters. The molecule has 0 radical (unpaired) electrons. The molecule has 0 aliphatic heterocycles. The van der Waals surface area contributed by atoms with Crippen molar-refractivity contribution in [1.82, 2.24) is 10.2 Å². The zero-order valence-electron chi connectivity index (χ0n) is 18.8. The van der Waals surface area contributed by atoms with E-state index in [2.05, 4.69) is 5.32 Å². The molecule has 0 saturated heterocycles. The van der Waals surface area contributed by atoms with Gasteiger partial charge in [-0.3, -0.25) is 13.9 Å². The number of carbonyl (C=O) groups excluding carboxylic acids is 2. The zero-order valence-corrected chi connectivity index (χ0v) is 19.7. The van der Waals surface area contributed by atoms with Crippen molar-refractivity contribution >= 4 is 27.5 Å². The zero-order chi connectivity index (χ0) is 23.9. The number of carbonyl (C=O) groups is 2. The highest BCUT2D eigenvalue weighted by Crippen LogP contribution is 2.22. The topological polar surface area (TPSA) is 86.8 Å². The SMILES string of the molecule is CNC(=O)[C@@H](C)N(Cc1cccc(C)c1)C(=O)CCCN(c1ccccc1F)S(C)(=O)=O. The lowest BCUT2D eigenvalue weighted by Crippen LogP contribution is -2.46. The predicted octanol–water partition coefficient (Wildman–Crippen LogP) is 2.84. The van der Waals surface area contributed by atoms with Gasteiger partial charge in [0.25, 0.3) is 0 Å². The van der Waals surface area contributed by atoms with Crippen LogP contribution in [-0.4, -0.2) is 51.0 Å². The van der Waals surface area contributed by atoms with Crippen LogP contribution in [0.15, 0.2) is 48.5 Å². The lowest BCUT2D eigenvalue weighted by Gasteiger charge is -2.29. The van der Waals surface area contributed by atoms with E-state index in [9.17, 15) is 22.4 Å². The van der Waals surface area contributed by atoms with Crippen LogP contribution in [0.5, 0.6) is 0 Å². The fraction of sp³-hybridized carbons (Fsp3) is 0.391. The average Bonchev–Trinajstić information content (AvgIpc) is 2.74. The van der Waals surface area contributed by atoms with Gasteiger partial charge in [0.05, 0.1) is 11.9 Å². The van der Waals surface area contributed by atoms with Crippen molar-refractivity contribution < 1.29 is 22.4 Å². The van der Waals surface area contributed by atoms with Gasteiger partial charge in [-0.05, 0) is 38.0 Å². The maximum absolute atomic E-state index is 14.2. The van der Waals surface area contributed by atoms with Crippen LogP contribution in [0.4, 0.5) is 10.1 Å². The standard InChI is InChI=1S/C23H30FN3O4S/c1-17-9-7-10-19(15-17)16-26(18(2)23(29)25-3)22(28)13-8-14-27(32(4,30)31)21-12-6-5-11-20(21)24/h5-7,9-12,15,18H,8,13-14,16H2,1-4H3,(H,25,29)/t18-/m1/s1. The second kappa shape index (κ2) is 11.1. The van der Waals surface area contributed by atoms with Crippen molar-refractivity contribution in [3.63, 3.8) is 0 Å². The largest absolute Gasteiger partial charge is 0.357 e. The minimum absolute atomic E-state index is 0.00756. The summed E-state index contributed by atoms with van der Waals surface area (Å²) in [6.45, 7) is 3.78. The van der Waals surface area contributed by atoms with Crippen molar-refractivity contribution in [3.8, 4) is 0 Å². The number of nitrogens with one attached hydrogen (secondary N) is 1. The number of anilines is 1. The smallest absolute Gasteiger partial charge is 0.242 e. The van der Waals surface area contributed by atoms with E-state index in [0.717, 1.165) is 21.7 Å². The van der Waals surface area contributed by atoms with Crippen LogP contribution in [0, 0.1) is 12.7 Å². The highest BCUT2D eigenvalue weighted by atomic mass is 32.2. The Morgan fingerprint density at radius 3 is 2.41 bits per heavy atom. The van der Waals surface area contributed by atoms with Crippen LogP contribution in [0.2, 0.25) is 0 Å². The number of hydrogen-bond donors (Lipinski definition) is 1. The number of likely N-dealkylation sites (N-methyl/N-ethyl adjacent to an activating group) is 1. The van der Waals surface area contributed by atoms with Crippen LogP contribution in [-0.2, 0) is 26.2 Å². The molecule has 0 aliphatic carbocycles. The number of benzene rings is 2. The molecule has 0 fully saturated rings. The van der Waals surface area contributed by atoms with Gasteiger partial charge in [0.1, 0.15) is 11.9 Å². The maximum Gasteiger partial charge on any atom is 0.242 e. The quantitative estimate of drug-likeness (QED) is 0.587. The maximum atomic E-state index is 14.2. The first-order chi connectivity index (χ1) is 15.0. The number of sulfonamides is 1. The third-order valence-electron chi connectivity index (χ3n) is 5.12. The third kappa shape index (κ3) is 6.78. The van der Waals surface area contributed by atoms with E-state index >= 15 is 0 Å². The molecule has 0 saturated carbocycles. The van der Waals surface area contributed by atoms with E-state index in [4.69, 9.17) is 0 Å². The number of para-hydroxylation sites is 1. The molecule has 2 amide bonds. The molecule has 0 heterocycles. The van der Waals surface area contributed by atoms with Crippen LogP contribution in [0.1, 0.15) is 30.9 Å². The van der Waals surface area contributed by atoms with Gasteiger partial charge >= 0.3 is 0 Å². The monoisotopic (exact) mass is 463 g/mol. The second-order valence-electron chi connectivity index (χ2n) is 7.69. The van der Waals surface area contributed by atoms with Gasteiger partial charge in [0.15, 0.2) is 0 Å². The van der Waals surface area contributed by atoms with Crippen molar-refractivity contribution in [3.05, 3.63) is 65.5 Å². The Bertz CT molecular complexity index is 1060. The molecule has 2 rings (SSSR count). The molecular formula is C23H30FN3O4S. The summed E-state index contributed by atoms with van der Waals surface area (Å²) < 4.78 is 39.6. The molecule has 0 spiro atoms. The van der Waals surface area contributed by atoms with Gasteiger partial charge in [-0.1, -0.05) is 42.0 Å². The molecule has 0 aliphatic rings. The lowest BCUT2D eigenvalue weighted by molar-refractivity contribution is -0.140. The van der Waals surface area contributed by atoms with Gasteiger partial charge in [-0.25, -0.2) is 12.8 Å².